The summed E-state index contributed by atoms with van der Waals surface area (Å²) < 4.78 is 1.62. The second-order valence-corrected chi connectivity index (χ2v) is 10.8. The number of piperidine rings is 1. The predicted octanol–water partition coefficient (Wildman–Crippen LogP) is 2.95. The Bertz CT molecular complexity index is 1170. The van der Waals surface area contributed by atoms with Gasteiger partial charge in [0.2, 0.25) is 0 Å². The maximum Gasteiger partial charge on any atom is 0.276 e. The van der Waals surface area contributed by atoms with Gasteiger partial charge in [-0.25, -0.2) is 9.67 Å². The number of fused-ring (bicyclic) bond motifs is 1. The van der Waals surface area contributed by atoms with Crippen LogP contribution < -0.4 is 5.56 Å². The van der Waals surface area contributed by atoms with Crippen molar-refractivity contribution in [2.75, 3.05) is 45.8 Å². The molecule has 36 heavy (non-hydrogen) atoms. The fourth-order valence-electron chi connectivity index (χ4n) is 6.39. The molecule has 2 saturated heterocycles. The lowest BCUT2D eigenvalue weighted by Gasteiger charge is -2.42. The molecule has 7 heteroatoms. The van der Waals surface area contributed by atoms with Crippen LogP contribution in [0.15, 0.2) is 59.5 Å². The number of nitrogens with zero attached hydrogens (tertiary/aromatic N) is 5. The van der Waals surface area contributed by atoms with E-state index >= 15 is 0 Å². The average Bonchev–Trinajstić information content (AvgIpc) is 3.27. The number of hydrogen-bond acceptors (Lipinski definition) is 5. The van der Waals surface area contributed by atoms with E-state index in [1.165, 1.54) is 38.0 Å². The van der Waals surface area contributed by atoms with E-state index in [1.807, 2.05) is 18.2 Å². The summed E-state index contributed by atoms with van der Waals surface area (Å²) >= 11 is 0. The van der Waals surface area contributed by atoms with Crippen molar-refractivity contribution < 1.29 is 0 Å². The molecule has 3 aromatic rings. The molecule has 0 amide bonds. The van der Waals surface area contributed by atoms with Crippen molar-refractivity contribution in [3.05, 3.63) is 81.9 Å². The minimum atomic E-state index is 0.0747. The topological polar surface area (TPSA) is 60.4 Å². The number of H-pyrrole nitrogens is 1. The molecular formula is C29H38N6O. The summed E-state index contributed by atoms with van der Waals surface area (Å²) in [5, 5.41) is 3.32. The van der Waals surface area contributed by atoms with E-state index in [9.17, 15) is 4.79 Å². The van der Waals surface area contributed by atoms with Crippen molar-refractivity contribution in [3.63, 3.8) is 0 Å². The van der Waals surface area contributed by atoms with E-state index in [1.54, 1.807) is 10.9 Å². The second-order valence-electron chi connectivity index (χ2n) is 10.8. The number of benzene rings is 1. The summed E-state index contributed by atoms with van der Waals surface area (Å²) in [6.07, 6.45) is 7.27. The van der Waals surface area contributed by atoms with Gasteiger partial charge in [-0.2, -0.15) is 0 Å². The predicted molar refractivity (Wildman–Crippen MR) is 142 cm³/mol. The minimum Gasteiger partial charge on any atom is -0.301 e. The van der Waals surface area contributed by atoms with E-state index in [4.69, 9.17) is 0 Å². The lowest BCUT2D eigenvalue weighted by molar-refractivity contribution is 0.0678. The molecule has 1 atom stereocenters. The van der Waals surface area contributed by atoms with Crippen LogP contribution in [-0.4, -0.2) is 81.3 Å². The first kappa shape index (κ1) is 23.6. The monoisotopic (exact) mass is 486 g/mol. The molecule has 7 nitrogen and oxygen atoms in total. The molecular weight excluding hydrogens is 448 g/mol. The van der Waals surface area contributed by atoms with Crippen molar-refractivity contribution >= 4 is 0 Å². The Morgan fingerprint density at radius 3 is 2.39 bits per heavy atom. The van der Waals surface area contributed by atoms with Crippen LogP contribution in [0.25, 0.3) is 5.82 Å². The number of nitrogens with one attached hydrogen (secondary N) is 1. The fourth-order valence-corrected chi connectivity index (χ4v) is 6.39. The zero-order chi connectivity index (χ0) is 24.3. The molecule has 3 aliphatic rings. The van der Waals surface area contributed by atoms with Gasteiger partial charge in [-0.3, -0.25) is 19.7 Å². The van der Waals surface area contributed by atoms with E-state index in [-0.39, 0.29) is 5.56 Å². The highest BCUT2D eigenvalue weighted by Crippen LogP contribution is 2.25. The van der Waals surface area contributed by atoms with Crippen LogP contribution in [0.2, 0.25) is 0 Å². The van der Waals surface area contributed by atoms with E-state index in [2.05, 4.69) is 55.1 Å². The minimum absolute atomic E-state index is 0.0747. The molecule has 4 heterocycles. The maximum absolute atomic E-state index is 13.1. The van der Waals surface area contributed by atoms with Crippen molar-refractivity contribution in [2.45, 2.75) is 44.7 Å². The maximum atomic E-state index is 13.1. The van der Waals surface area contributed by atoms with Crippen LogP contribution in [0, 0.1) is 5.92 Å². The summed E-state index contributed by atoms with van der Waals surface area (Å²) in [7, 11) is 0. The standard InChI is InChI=1S/C29H38N6O/c36-29-26-20-25(9-10-27(26)31-35(29)28-8-4-5-13-30-28)34-18-16-33(17-19-34)22-24-11-14-32(15-12-24)21-23-6-2-1-3-7-23/h1-8,13,24-25,31H,9-12,14-22H2. The third-order valence-corrected chi connectivity index (χ3v) is 8.51. The molecule has 2 aliphatic heterocycles. The molecule has 0 saturated carbocycles. The van der Waals surface area contributed by atoms with Crippen LogP contribution in [-0.2, 0) is 19.4 Å². The number of aromatic amines is 1. The zero-order valence-electron chi connectivity index (χ0n) is 21.2. The van der Waals surface area contributed by atoms with Gasteiger partial charge in [0, 0.05) is 62.8 Å². The molecule has 190 valence electrons. The zero-order valence-corrected chi connectivity index (χ0v) is 21.2. The number of hydrogen-bond donors (Lipinski definition) is 1. The lowest BCUT2D eigenvalue weighted by Crippen LogP contribution is -2.53. The van der Waals surface area contributed by atoms with Gasteiger partial charge in [0.15, 0.2) is 5.82 Å². The van der Waals surface area contributed by atoms with Gasteiger partial charge in [0.25, 0.3) is 5.56 Å². The number of piperazine rings is 1. The third kappa shape index (κ3) is 5.19. The molecule has 2 fully saturated rings. The van der Waals surface area contributed by atoms with Crippen LogP contribution >= 0.6 is 0 Å². The van der Waals surface area contributed by atoms with Crippen LogP contribution in [0.5, 0.6) is 0 Å². The quantitative estimate of drug-likeness (QED) is 0.581. The van der Waals surface area contributed by atoms with Gasteiger partial charge in [-0.15, -0.1) is 0 Å². The Morgan fingerprint density at radius 1 is 0.861 bits per heavy atom. The molecule has 1 aliphatic carbocycles. The molecule has 0 bridgehead atoms. The fraction of sp³-hybridized carbons (Fsp3) is 0.517. The molecule has 2 aromatic heterocycles. The van der Waals surface area contributed by atoms with Gasteiger partial charge in [0.1, 0.15) is 0 Å². The molecule has 1 N–H and O–H groups in total. The molecule has 1 aromatic carbocycles. The average molecular weight is 487 g/mol. The Balaban J connectivity index is 0.976. The van der Waals surface area contributed by atoms with Gasteiger partial charge in [-0.05, 0) is 68.8 Å². The van der Waals surface area contributed by atoms with Crippen molar-refractivity contribution in [1.29, 1.82) is 0 Å². The lowest BCUT2D eigenvalue weighted by atomic mass is 9.91. The first-order valence-corrected chi connectivity index (χ1v) is 13.7. The second kappa shape index (κ2) is 10.7. The van der Waals surface area contributed by atoms with E-state index in [0.717, 1.165) is 69.2 Å². The van der Waals surface area contributed by atoms with Crippen LogP contribution in [0.3, 0.4) is 0 Å². The summed E-state index contributed by atoms with van der Waals surface area (Å²) in [5.74, 6) is 1.50. The molecule has 0 radical (unpaired) electrons. The van der Waals surface area contributed by atoms with Crippen LogP contribution in [0.4, 0.5) is 0 Å². The van der Waals surface area contributed by atoms with E-state index in [0.29, 0.717) is 11.9 Å². The first-order chi connectivity index (χ1) is 17.7. The number of aromatic nitrogens is 3. The van der Waals surface area contributed by atoms with Gasteiger partial charge in [0.05, 0.1) is 0 Å². The largest absolute Gasteiger partial charge is 0.301 e. The SMILES string of the molecule is O=c1c2c([nH]n1-c1ccccn1)CCC(N1CCN(CC3CCN(Cc4ccccc4)CC3)CC1)C2. The Hall–Kier alpha value is -2.74. The summed E-state index contributed by atoms with van der Waals surface area (Å²) in [6, 6.07) is 17.0. The van der Waals surface area contributed by atoms with Gasteiger partial charge >= 0.3 is 0 Å². The smallest absolute Gasteiger partial charge is 0.276 e. The third-order valence-electron chi connectivity index (χ3n) is 8.51. The normalized spacial score (nSPS) is 22.5. The number of aryl methyl sites for hydroxylation is 1. The Morgan fingerprint density at radius 2 is 1.64 bits per heavy atom. The molecule has 1 unspecified atom stereocenters. The number of likely N-dealkylation sites (tertiary alicyclic amines) is 1. The van der Waals surface area contributed by atoms with E-state index < -0.39 is 0 Å². The number of pyridine rings is 1. The molecule has 0 spiro atoms. The summed E-state index contributed by atoms with van der Waals surface area (Å²) in [6.45, 7) is 9.31. The highest BCUT2D eigenvalue weighted by molar-refractivity contribution is 5.29. The van der Waals surface area contributed by atoms with Crippen LogP contribution in [0.1, 0.15) is 36.1 Å². The summed E-state index contributed by atoms with van der Waals surface area (Å²) in [5.41, 5.74) is 3.56. The Kier molecular flexibility index (Phi) is 7.03. The first-order valence-electron chi connectivity index (χ1n) is 13.7. The van der Waals surface area contributed by atoms with Gasteiger partial charge < -0.3 is 4.90 Å². The number of rotatable bonds is 6. The Labute approximate surface area is 213 Å². The van der Waals surface area contributed by atoms with Crippen molar-refractivity contribution in [1.82, 2.24) is 29.5 Å². The van der Waals surface area contributed by atoms with Crippen molar-refractivity contribution in [2.24, 2.45) is 5.92 Å². The highest BCUT2D eigenvalue weighted by Gasteiger charge is 2.31. The highest BCUT2D eigenvalue weighted by atomic mass is 16.1. The summed E-state index contributed by atoms with van der Waals surface area (Å²) in [4.78, 5) is 25.4. The van der Waals surface area contributed by atoms with Crippen molar-refractivity contribution in [3.8, 4) is 5.82 Å². The van der Waals surface area contributed by atoms with Gasteiger partial charge in [-0.1, -0.05) is 36.4 Å². The molecule has 6 rings (SSSR count).